The number of hydrogen-bond acceptors (Lipinski definition) is 13. The van der Waals surface area contributed by atoms with Gasteiger partial charge in [-0.05, 0) is 226 Å². The molecule has 3 heterocycles. The molecule has 0 saturated heterocycles. The van der Waals surface area contributed by atoms with Crippen LogP contribution in [0.2, 0.25) is 0 Å². The van der Waals surface area contributed by atoms with E-state index in [4.69, 9.17) is 34.4 Å². The summed E-state index contributed by atoms with van der Waals surface area (Å²) in [6.45, 7) is 9.58. The number of hydrogen-bond donors (Lipinski definition) is 10. The Morgan fingerprint density at radius 1 is 0.426 bits per heavy atom. The average Bonchev–Trinajstić information content (AvgIpc) is 1.36. The number of amides is 4. The standard InChI is InChI=1S/2C31H34FN5O.C29H29FN6O2.CH4/c1-20-5-3-7-24(15-20)31(34,14-13-22-9-10-22)25-11-12-27(32)28(18-25)35-30(38)29-16-21(2)36-37(29)26-8-4-6-23(17-26)19-33;1-20-6-10-24(11-7-20)31(34,15-14-22-8-9-22)25-12-13-27(32)28(18-25)35-30(38)29-16-21(2)36-37(29)26-5-3-4-23(17-26)19-33;30-23-12-11-21(27(33-17-18-9-10-18)20-6-2-1-3-7-20)14-24(23)34-29(38)26-15-25(28(32)37)35-36(26)22-8-4-5-19(13-22)16-31;/h3-8,11-12,15-18,22H,9-10,13-14,19,33-34H2,1-2H3,(H,35,38);3-7,10-13,16-18,22H,8-9,14-15,19,33-34H2,1-2H3,(H,35,38);1-8,11-15,18,27,33H,9-10,16-17,31H2,(H2,32,37)(H,34,38);1H4. The molecule has 0 aliphatic heterocycles. The molecule has 3 atom stereocenters. The lowest BCUT2D eigenvalue weighted by molar-refractivity contribution is 0.0990. The highest BCUT2D eigenvalue weighted by Crippen LogP contribution is 2.43. The lowest BCUT2D eigenvalue weighted by atomic mass is 9.79. The fourth-order valence-electron chi connectivity index (χ4n) is 14.2. The van der Waals surface area contributed by atoms with Gasteiger partial charge in [0, 0.05) is 25.7 Å². The Morgan fingerprint density at radius 2 is 0.835 bits per heavy atom. The maximum absolute atomic E-state index is 15.1. The van der Waals surface area contributed by atoms with Crippen LogP contribution in [0.15, 0.2) is 224 Å². The molecule has 3 fully saturated rings. The van der Waals surface area contributed by atoms with E-state index in [1.807, 2.05) is 155 Å². The maximum Gasteiger partial charge on any atom is 0.274 e. The predicted octanol–water partition coefficient (Wildman–Crippen LogP) is 16.0. The molecule has 12 aromatic rings. The van der Waals surface area contributed by atoms with Gasteiger partial charge in [0.25, 0.3) is 23.6 Å². The Balaban J connectivity index is 0.000000159. The zero-order valence-electron chi connectivity index (χ0n) is 64.5. The lowest BCUT2D eigenvalue weighted by Crippen LogP contribution is -2.38. The number of nitrogens with one attached hydrogen (secondary N) is 4. The Labute approximate surface area is 669 Å². The van der Waals surface area contributed by atoms with Gasteiger partial charge in [-0.2, -0.15) is 15.3 Å². The summed E-state index contributed by atoms with van der Waals surface area (Å²) in [4.78, 5) is 52.1. The van der Waals surface area contributed by atoms with Crippen LogP contribution in [0.1, 0.15) is 192 Å². The highest BCUT2D eigenvalue weighted by atomic mass is 19.1. The number of carbonyl (C=O) groups is 4. The first-order valence-electron chi connectivity index (χ1n) is 38.7. The molecule has 594 valence electrons. The Hall–Kier alpha value is -12.0. The molecule has 3 aliphatic carbocycles. The van der Waals surface area contributed by atoms with Crippen LogP contribution >= 0.6 is 0 Å². The summed E-state index contributed by atoms with van der Waals surface area (Å²) < 4.78 is 49.5. The lowest BCUT2D eigenvalue weighted by Gasteiger charge is -2.32. The number of benzene rings is 9. The fraction of sp³-hybridized carbons (Fsp3) is 0.272. The minimum Gasteiger partial charge on any atom is -0.364 e. The highest BCUT2D eigenvalue weighted by molar-refractivity contribution is 6.06. The summed E-state index contributed by atoms with van der Waals surface area (Å²) in [5, 5.41) is 25.0. The van der Waals surface area contributed by atoms with Gasteiger partial charge in [-0.15, -0.1) is 0 Å². The smallest absolute Gasteiger partial charge is 0.274 e. The van der Waals surface area contributed by atoms with Crippen molar-refractivity contribution < 1.29 is 32.3 Å². The third kappa shape index (κ3) is 20.2. The predicted molar refractivity (Wildman–Crippen MR) is 447 cm³/mol. The number of carbonyl (C=O) groups excluding carboxylic acids is 4. The number of nitrogens with zero attached hydrogens (tertiary/aromatic N) is 6. The van der Waals surface area contributed by atoms with Crippen molar-refractivity contribution in [2.75, 3.05) is 22.5 Å². The van der Waals surface area contributed by atoms with Crippen LogP contribution < -0.4 is 55.7 Å². The summed E-state index contributed by atoms with van der Waals surface area (Å²) in [5.74, 6) is -1.93. The molecule has 3 aliphatic rings. The molecular weight excluding hydrogens is 1450 g/mol. The van der Waals surface area contributed by atoms with Crippen LogP contribution in [-0.4, -0.2) is 59.5 Å². The van der Waals surface area contributed by atoms with E-state index < -0.39 is 52.2 Å². The molecule has 115 heavy (non-hydrogen) atoms. The van der Waals surface area contributed by atoms with Crippen molar-refractivity contribution in [1.29, 1.82) is 0 Å². The van der Waals surface area contributed by atoms with Crippen LogP contribution in [0.5, 0.6) is 0 Å². The van der Waals surface area contributed by atoms with Gasteiger partial charge in [-0.1, -0.05) is 178 Å². The number of primary amides is 1. The quantitative estimate of drug-likeness (QED) is 0.0218. The first-order valence-corrected chi connectivity index (χ1v) is 38.7. The normalized spacial score (nSPS) is 14.3. The molecule has 16 N–H and O–H groups in total. The molecule has 4 amide bonds. The van der Waals surface area contributed by atoms with Crippen molar-refractivity contribution >= 4 is 40.7 Å². The largest absolute Gasteiger partial charge is 0.364 e. The van der Waals surface area contributed by atoms with E-state index in [2.05, 4.69) is 42.6 Å². The van der Waals surface area contributed by atoms with Gasteiger partial charge in [0.15, 0.2) is 5.69 Å². The summed E-state index contributed by atoms with van der Waals surface area (Å²) >= 11 is 0. The second kappa shape index (κ2) is 36.5. The number of anilines is 3. The zero-order chi connectivity index (χ0) is 80.4. The van der Waals surface area contributed by atoms with Crippen LogP contribution in [0, 0.1) is 62.9 Å². The number of nitrogens with two attached hydrogens (primary N) is 6. The molecule has 3 saturated carbocycles. The van der Waals surface area contributed by atoms with E-state index in [9.17, 15) is 23.6 Å². The number of aryl methyl sites for hydroxylation is 4. The maximum atomic E-state index is 15.1. The summed E-state index contributed by atoms with van der Waals surface area (Å²) in [7, 11) is 0. The van der Waals surface area contributed by atoms with Gasteiger partial charge in [0.1, 0.15) is 34.5 Å². The Bertz CT molecular complexity index is 5460. The van der Waals surface area contributed by atoms with Crippen molar-refractivity contribution in [3.8, 4) is 17.1 Å². The topological polar surface area (TPSA) is 326 Å². The summed E-state index contributed by atoms with van der Waals surface area (Å²) in [6.07, 6.45) is 10.8. The second-order valence-corrected chi connectivity index (χ2v) is 30.3. The monoisotopic (exact) mass is 1550 g/mol. The van der Waals surface area contributed by atoms with Crippen molar-refractivity contribution in [3.05, 3.63) is 337 Å². The first kappa shape index (κ1) is 82.5. The van der Waals surface area contributed by atoms with Gasteiger partial charge < -0.3 is 55.7 Å². The molecule has 9 aromatic carbocycles. The van der Waals surface area contributed by atoms with Crippen molar-refractivity contribution in [3.63, 3.8) is 0 Å². The fourth-order valence-corrected chi connectivity index (χ4v) is 14.2. The van der Waals surface area contributed by atoms with E-state index in [0.717, 1.165) is 93.4 Å². The minimum atomic E-state index is -0.803. The average molecular weight is 1550 g/mol. The molecule has 0 bridgehead atoms. The van der Waals surface area contributed by atoms with Gasteiger partial charge in [-0.3, -0.25) is 19.2 Å². The van der Waals surface area contributed by atoms with Crippen molar-refractivity contribution in [2.45, 2.75) is 136 Å². The van der Waals surface area contributed by atoms with Crippen LogP contribution in [0.25, 0.3) is 17.1 Å². The van der Waals surface area contributed by atoms with E-state index in [1.165, 1.54) is 67.5 Å². The van der Waals surface area contributed by atoms with Gasteiger partial charge in [0.2, 0.25) is 0 Å². The number of halogens is 3. The van der Waals surface area contributed by atoms with Crippen LogP contribution in [0.3, 0.4) is 0 Å². The third-order valence-electron chi connectivity index (χ3n) is 21.4. The third-order valence-corrected chi connectivity index (χ3v) is 21.4. The highest BCUT2D eigenvalue weighted by Gasteiger charge is 2.36. The SMILES string of the molecule is C.Cc1ccc(C(N)(CCC2CC2)c2ccc(F)c(NC(=O)c3cc(C)nn3-c3cccc(CN)c3)c2)cc1.Cc1cccc(C(N)(CCC2CC2)c2ccc(F)c(NC(=O)c3cc(C)nn3-c3cccc(CN)c3)c2)c1.NCc1cccc(-n2nc(C(N)=O)cc2C(=O)Nc2cc(C(NCC3CC3)c3ccccc3)ccc2F)c1. The zero-order valence-corrected chi connectivity index (χ0v) is 64.5. The minimum absolute atomic E-state index is 0. The summed E-state index contributed by atoms with van der Waals surface area (Å²) in [5.41, 5.74) is 49.7. The van der Waals surface area contributed by atoms with Crippen molar-refractivity contribution in [1.82, 2.24) is 34.7 Å². The first-order chi connectivity index (χ1) is 54.9. The molecule has 23 heteroatoms. The molecule has 20 nitrogen and oxygen atoms in total. The van der Waals surface area contributed by atoms with E-state index >= 15 is 8.78 Å². The number of rotatable bonds is 28. The molecule has 3 unspecified atom stereocenters. The molecule has 0 radical (unpaired) electrons. The molecule has 0 spiro atoms. The summed E-state index contributed by atoms with van der Waals surface area (Å²) in [6, 6.07) is 67.1. The Kier molecular flexibility index (Phi) is 26.2. The van der Waals surface area contributed by atoms with Crippen LogP contribution in [0.4, 0.5) is 30.2 Å². The van der Waals surface area contributed by atoms with E-state index in [1.54, 1.807) is 76.1 Å². The van der Waals surface area contributed by atoms with Crippen molar-refractivity contribution in [2.24, 2.45) is 52.2 Å². The van der Waals surface area contributed by atoms with Gasteiger partial charge in [0.05, 0.1) is 62.6 Å². The van der Waals surface area contributed by atoms with Gasteiger partial charge >= 0.3 is 0 Å². The molecule has 3 aromatic heterocycles. The molecular formula is C92H101F3N16O4. The molecule has 15 rings (SSSR count). The van der Waals surface area contributed by atoms with Gasteiger partial charge in [-0.25, -0.2) is 27.2 Å². The van der Waals surface area contributed by atoms with E-state index in [0.29, 0.717) is 70.7 Å². The van der Waals surface area contributed by atoms with Crippen LogP contribution in [-0.2, 0) is 30.7 Å². The second-order valence-electron chi connectivity index (χ2n) is 30.3. The van der Waals surface area contributed by atoms with E-state index in [-0.39, 0.29) is 48.5 Å². The number of aromatic nitrogens is 6. The Morgan fingerprint density at radius 3 is 1.28 bits per heavy atom.